The molecule has 0 heterocycles. The van der Waals surface area contributed by atoms with Crippen molar-refractivity contribution < 1.29 is 4.79 Å². The molecule has 1 aliphatic rings. The van der Waals surface area contributed by atoms with E-state index in [1.807, 2.05) is 6.07 Å². The molecule has 0 bridgehead atoms. The van der Waals surface area contributed by atoms with Gasteiger partial charge in [-0.3, -0.25) is 4.79 Å². The van der Waals surface area contributed by atoms with Gasteiger partial charge in [-0.05, 0) is 48.4 Å². The van der Waals surface area contributed by atoms with E-state index in [0.717, 1.165) is 25.8 Å². The predicted octanol–water partition coefficient (Wildman–Crippen LogP) is 3.07. The van der Waals surface area contributed by atoms with Crippen LogP contribution in [0.3, 0.4) is 0 Å². The Balaban J connectivity index is 1.51. The molecule has 1 amide bonds. The Bertz CT molecular complexity index is 623. The molecule has 2 nitrogen and oxygen atoms in total. The number of benzene rings is 2. The van der Waals surface area contributed by atoms with Crippen LogP contribution in [-0.4, -0.2) is 12.5 Å². The van der Waals surface area contributed by atoms with Crippen molar-refractivity contribution >= 4 is 5.91 Å². The van der Waals surface area contributed by atoms with E-state index in [1.54, 1.807) is 0 Å². The molecule has 2 aromatic rings. The summed E-state index contributed by atoms with van der Waals surface area (Å²) in [5.74, 6) is 0.305. The molecule has 1 N–H and O–H groups in total. The monoisotopic (exact) mass is 279 g/mol. The van der Waals surface area contributed by atoms with Crippen molar-refractivity contribution in [3.05, 3.63) is 70.8 Å². The van der Waals surface area contributed by atoms with Crippen molar-refractivity contribution in [1.29, 1.82) is 0 Å². The molecule has 1 aliphatic carbocycles. The molecule has 0 saturated heterocycles. The molecule has 0 fully saturated rings. The summed E-state index contributed by atoms with van der Waals surface area (Å²) in [5, 5.41) is 3.10. The molecular formula is C19H21NO. The van der Waals surface area contributed by atoms with E-state index in [-0.39, 0.29) is 11.8 Å². The van der Waals surface area contributed by atoms with Gasteiger partial charge in [0.15, 0.2) is 0 Å². The minimum absolute atomic E-state index is 0.110. The number of carbonyl (C=O) groups excluding carboxylic acids is 1. The van der Waals surface area contributed by atoms with Crippen LogP contribution in [0.25, 0.3) is 0 Å². The van der Waals surface area contributed by atoms with Gasteiger partial charge in [-0.25, -0.2) is 0 Å². The van der Waals surface area contributed by atoms with Gasteiger partial charge in [-0.1, -0.05) is 48.5 Å². The second-order valence-electron chi connectivity index (χ2n) is 5.84. The summed E-state index contributed by atoms with van der Waals surface area (Å²) in [5.41, 5.74) is 5.26. The van der Waals surface area contributed by atoms with Gasteiger partial charge in [-0.15, -0.1) is 0 Å². The van der Waals surface area contributed by atoms with Crippen molar-refractivity contribution in [2.75, 3.05) is 6.54 Å². The van der Waals surface area contributed by atoms with Gasteiger partial charge in [0.2, 0.25) is 5.91 Å². The Labute approximate surface area is 126 Å². The highest BCUT2D eigenvalue weighted by Crippen LogP contribution is 2.26. The Morgan fingerprint density at radius 3 is 2.33 bits per heavy atom. The predicted molar refractivity (Wildman–Crippen MR) is 85.2 cm³/mol. The fraction of sp³-hybridized carbons (Fsp3) is 0.316. The highest BCUT2D eigenvalue weighted by Gasteiger charge is 2.26. The van der Waals surface area contributed by atoms with Crippen molar-refractivity contribution in [2.24, 2.45) is 5.92 Å². The number of hydrogen-bond acceptors (Lipinski definition) is 1. The first-order valence-electron chi connectivity index (χ1n) is 7.63. The molecule has 0 aliphatic heterocycles. The first-order chi connectivity index (χ1) is 10.2. The van der Waals surface area contributed by atoms with Crippen molar-refractivity contribution in [3.8, 4) is 0 Å². The van der Waals surface area contributed by atoms with E-state index in [2.05, 4.69) is 54.7 Å². The zero-order valence-electron chi connectivity index (χ0n) is 12.4. The van der Waals surface area contributed by atoms with Crippen LogP contribution >= 0.6 is 0 Å². The Kier molecular flexibility index (Phi) is 4.05. The van der Waals surface area contributed by atoms with Crippen LogP contribution in [0, 0.1) is 12.8 Å². The lowest BCUT2D eigenvalue weighted by Gasteiger charge is -2.11. The number of nitrogens with one attached hydrogen (secondary N) is 1. The maximum absolute atomic E-state index is 12.3. The van der Waals surface area contributed by atoms with Crippen molar-refractivity contribution in [2.45, 2.75) is 26.2 Å². The average molecular weight is 279 g/mol. The third-order valence-corrected chi connectivity index (χ3v) is 4.38. The van der Waals surface area contributed by atoms with Crippen LogP contribution in [-0.2, 0) is 24.1 Å². The minimum atomic E-state index is 0.110. The SMILES string of the molecule is Cc1ccccc1CCNC(=O)C1Cc2ccccc2C1. The molecule has 0 aromatic heterocycles. The first-order valence-corrected chi connectivity index (χ1v) is 7.63. The maximum Gasteiger partial charge on any atom is 0.223 e. The van der Waals surface area contributed by atoms with Crippen LogP contribution in [0.4, 0.5) is 0 Å². The van der Waals surface area contributed by atoms with Gasteiger partial charge >= 0.3 is 0 Å². The number of aryl methyl sites for hydroxylation is 1. The number of carbonyl (C=O) groups is 1. The van der Waals surface area contributed by atoms with Crippen LogP contribution in [0.1, 0.15) is 22.3 Å². The molecule has 0 spiro atoms. The molecule has 0 radical (unpaired) electrons. The number of hydrogen-bond donors (Lipinski definition) is 1. The summed E-state index contributed by atoms with van der Waals surface area (Å²) in [7, 11) is 0. The molecule has 2 aromatic carbocycles. The third-order valence-electron chi connectivity index (χ3n) is 4.38. The van der Waals surface area contributed by atoms with Crippen LogP contribution in [0.2, 0.25) is 0 Å². The topological polar surface area (TPSA) is 29.1 Å². The molecule has 108 valence electrons. The summed E-state index contributed by atoms with van der Waals surface area (Å²) >= 11 is 0. The van der Waals surface area contributed by atoms with E-state index in [1.165, 1.54) is 22.3 Å². The van der Waals surface area contributed by atoms with Gasteiger partial charge in [0.1, 0.15) is 0 Å². The lowest BCUT2D eigenvalue weighted by Crippen LogP contribution is -2.32. The highest BCUT2D eigenvalue weighted by atomic mass is 16.1. The first kappa shape index (κ1) is 13.9. The normalized spacial score (nSPS) is 14.0. The molecule has 0 atom stereocenters. The number of fused-ring (bicyclic) bond motifs is 1. The summed E-state index contributed by atoms with van der Waals surface area (Å²) in [4.78, 5) is 12.3. The standard InChI is InChI=1S/C19H21NO/c1-14-6-2-3-7-15(14)10-11-20-19(21)18-12-16-8-4-5-9-17(16)13-18/h2-9,18H,10-13H2,1H3,(H,20,21). The van der Waals surface area contributed by atoms with E-state index in [0.29, 0.717) is 0 Å². The summed E-state index contributed by atoms with van der Waals surface area (Å²) in [6.07, 6.45) is 2.66. The van der Waals surface area contributed by atoms with Crippen LogP contribution < -0.4 is 5.32 Å². The van der Waals surface area contributed by atoms with Gasteiger partial charge in [0.25, 0.3) is 0 Å². The second kappa shape index (κ2) is 6.13. The van der Waals surface area contributed by atoms with E-state index >= 15 is 0 Å². The smallest absolute Gasteiger partial charge is 0.223 e. The summed E-state index contributed by atoms with van der Waals surface area (Å²) < 4.78 is 0. The quantitative estimate of drug-likeness (QED) is 0.915. The third kappa shape index (κ3) is 3.15. The van der Waals surface area contributed by atoms with Crippen LogP contribution in [0.5, 0.6) is 0 Å². The highest BCUT2D eigenvalue weighted by molar-refractivity contribution is 5.80. The van der Waals surface area contributed by atoms with E-state index in [4.69, 9.17) is 0 Å². The summed E-state index contributed by atoms with van der Waals surface area (Å²) in [6, 6.07) is 16.7. The maximum atomic E-state index is 12.3. The van der Waals surface area contributed by atoms with Crippen molar-refractivity contribution in [1.82, 2.24) is 5.32 Å². The Hall–Kier alpha value is -2.09. The molecule has 0 saturated carbocycles. The molecule has 3 rings (SSSR count). The van der Waals surface area contributed by atoms with E-state index in [9.17, 15) is 4.79 Å². The van der Waals surface area contributed by atoms with Crippen molar-refractivity contribution in [3.63, 3.8) is 0 Å². The lowest BCUT2D eigenvalue weighted by molar-refractivity contribution is -0.124. The molecule has 0 unspecified atom stereocenters. The lowest BCUT2D eigenvalue weighted by atomic mass is 10.0. The van der Waals surface area contributed by atoms with E-state index < -0.39 is 0 Å². The number of amides is 1. The summed E-state index contributed by atoms with van der Waals surface area (Å²) in [6.45, 7) is 2.83. The van der Waals surface area contributed by atoms with Gasteiger partial charge in [0.05, 0.1) is 0 Å². The second-order valence-corrected chi connectivity index (χ2v) is 5.84. The molecule has 21 heavy (non-hydrogen) atoms. The molecule has 2 heteroatoms. The van der Waals surface area contributed by atoms with Gasteiger partial charge in [0, 0.05) is 12.5 Å². The number of rotatable bonds is 4. The van der Waals surface area contributed by atoms with Gasteiger partial charge in [-0.2, -0.15) is 0 Å². The minimum Gasteiger partial charge on any atom is -0.356 e. The Morgan fingerprint density at radius 2 is 1.67 bits per heavy atom. The zero-order chi connectivity index (χ0) is 14.7. The zero-order valence-corrected chi connectivity index (χ0v) is 12.4. The Morgan fingerprint density at radius 1 is 1.05 bits per heavy atom. The fourth-order valence-corrected chi connectivity index (χ4v) is 3.10. The van der Waals surface area contributed by atoms with Gasteiger partial charge < -0.3 is 5.32 Å². The van der Waals surface area contributed by atoms with Crippen LogP contribution in [0.15, 0.2) is 48.5 Å². The molecular weight excluding hydrogens is 258 g/mol. The fourth-order valence-electron chi connectivity index (χ4n) is 3.10. The largest absolute Gasteiger partial charge is 0.356 e. The average Bonchev–Trinajstić information content (AvgIpc) is 2.93.